The number of rotatable bonds is 4. The Morgan fingerprint density at radius 2 is 2.12 bits per heavy atom. The molecule has 1 spiro atoms. The highest BCUT2D eigenvalue weighted by Crippen LogP contribution is 2.36. The molecule has 0 aromatic carbocycles. The monoisotopic (exact) mass is 375 g/mol. The van der Waals surface area contributed by atoms with Crippen molar-refractivity contribution < 1.29 is 4.79 Å². The van der Waals surface area contributed by atoms with Crippen LogP contribution in [0.4, 0.5) is 5.82 Å². The van der Waals surface area contributed by atoms with E-state index in [2.05, 4.69) is 26.7 Å². The molecule has 1 amide bonds. The first-order valence-corrected chi connectivity index (χ1v) is 10.9. The van der Waals surface area contributed by atoms with Crippen molar-refractivity contribution in [1.82, 2.24) is 19.8 Å². The number of amides is 1. The SMILES string of the molecule is CSc1nccc(N2CCN(C)[C@]3(CCC(=O)N(CC4CC4)CC3)C2)n1. The molecule has 3 heterocycles. The molecule has 7 heteroatoms. The van der Waals surface area contributed by atoms with Gasteiger partial charge in [0.15, 0.2) is 5.16 Å². The van der Waals surface area contributed by atoms with Crippen LogP contribution in [0.5, 0.6) is 0 Å². The van der Waals surface area contributed by atoms with Gasteiger partial charge in [-0.05, 0) is 51.0 Å². The van der Waals surface area contributed by atoms with Gasteiger partial charge in [0, 0.05) is 50.9 Å². The lowest BCUT2D eigenvalue weighted by Crippen LogP contribution is -2.61. The molecule has 0 unspecified atom stereocenters. The van der Waals surface area contributed by atoms with E-state index in [0.717, 1.165) is 62.5 Å². The summed E-state index contributed by atoms with van der Waals surface area (Å²) in [5.74, 6) is 2.13. The van der Waals surface area contributed by atoms with Gasteiger partial charge in [-0.3, -0.25) is 9.69 Å². The zero-order valence-corrected chi connectivity index (χ0v) is 16.7. The van der Waals surface area contributed by atoms with E-state index in [9.17, 15) is 4.79 Å². The van der Waals surface area contributed by atoms with Crippen LogP contribution in [0.1, 0.15) is 32.1 Å². The van der Waals surface area contributed by atoms with Crippen molar-refractivity contribution >= 4 is 23.5 Å². The van der Waals surface area contributed by atoms with Gasteiger partial charge in [-0.2, -0.15) is 0 Å². The van der Waals surface area contributed by atoms with E-state index in [4.69, 9.17) is 4.98 Å². The van der Waals surface area contributed by atoms with Gasteiger partial charge in [0.1, 0.15) is 5.82 Å². The molecule has 1 atom stereocenters. The second kappa shape index (κ2) is 7.35. The van der Waals surface area contributed by atoms with E-state index in [1.165, 1.54) is 12.8 Å². The molecule has 6 nitrogen and oxygen atoms in total. The van der Waals surface area contributed by atoms with Gasteiger partial charge < -0.3 is 9.80 Å². The van der Waals surface area contributed by atoms with Crippen LogP contribution in [0, 0.1) is 5.92 Å². The van der Waals surface area contributed by atoms with Crippen LogP contribution < -0.4 is 4.90 Å². The minimum Gasteiger partial charge on any atom is -0.353 e. The Labute approximate surface area is 160 Å². The number of nitrogens with zero attached hydrogens (tertiary/aromatic N) is 5. The predicted octanol–water partition coefficient (Wildman–Crippen LogP) is 2.11. The van der Waals surface area contributed by atoms with Crippen molar-refractivity contribution in [2.45, 2.75) is 42.8 Å². The molecule has 1 aromatic rings. The fourth-order valence-corrected chi connectivity index (χ4v) is 4.65. The fourth-order valence-electron chi connectivity index (χ4n) is 4.30. The van der Waals surface area contributed by atoms with Crippen molar-refractivity contribution in [3.05, 3.63) is 12.3 Å². The highest BCUT2D eigenvalue weighted by Gasteiger charge is 2.43. The van der Waals surface area contributed by atoms with Gasteiger partial charge in [0.25, 0.3) is 0 Å². The summed E-state index contributed by atoms with van der Waals surface area (Å²) in [5, 5.41) is 0.821. The van der Waals surface area contributed by atoms with E-state index in [-0.39, 0.29) is 5.54 Å². The number of aromatic nitrogens is 2. The van der Waals surface area contributed by atoms with Crippen molar-refractivity contribution in [2.75, 3.05) is 50.9 Å². The summed E-state index contributed by atoms with van der Waals surface area (Å²) >= 11 is 1.58. The summed E-state index contributed by atoms with van der Waals surface area (Å²) in [5.41, 5.74) is 0.0662. The fraction of sp³-hybridized carbons (Fsp3) is 0.737. The smallest absolute Gasteiger partial charge is 0.222 e. The van der Waals surface area contributed by atoms with Crippen molar-refractivity contribution in [3.63, 3.8) is 0 Å². The Kier molecular flexibility index (Phi) is 5.10. The Bertz CT molecular complexity index is 667. The second-order valence-electron chi connectivity index (χ2n) is 8.00. The topological polar surface area (TPSA) is 52.6 Å². The first-order chi connectivity index (χ1) is 12.6. The van der Waals surface area contributed by atoms with Crippen molar-refractivity contribution in [3.8, 4) is 0 Å². The Morgan fingerprint density at radius 3 is 2.88 bits per heavy atom. The number of likely N-dealkylation sites (N-methyl/N-ethyl adjacent to an activating group) is 1. The lowest BCUT2D eigenvalue weighted by Gasteiger charge is -2.49. The Hall–Kier alpha value is -1.34. The Morgan fingerprint density at radius 1 is 1.27 bits per heavy atom. The zero-order chi connectivity index (χ0) is 18.1. The van der Waals surface area contributed by atoms with Gasteiger partial charge in [0.05, 0.1) is 0 Å². The molecule has 1 aromatic heterocycles. The lowest BCUT2D eigenvalue weighted by molar-refractivity contribution is -0.130. The first kappa shape index (κ1) is 18.0. The molecule has 0 N–H and O–H groups in total. The summed E-state index contributed by atoms with van der Waals surface area (Å²) in [4.78, 5) is 28.6. The molecule has 142 valence electrons. The average molecular weight is 376 g/mol. The molecule has 3 fully saturated rings. The molecule has 3 aliphatic rings. The van der Waals surface area contributed by atoms with E-state index in [0.29, 0.717) is 12.3 Å². The number of piperazine rings is 1. The standard InChI is InChI=1S/C19H29N5OS/c1-22-11-12-24(16-6-9-20-18(21-16)26-2)14-19(22)7-5-17(25)23(10-8-19)13-15-3-4-15/h6,9,15H,3-5,7-8,10-14H2,1-2H3/t19-/m0/s1. The third kappa shape index (κ3) is 3.69. The molecule has 0 bridgehead atoms. The molecule has 1 saturated carbocycles. The lowest BCUT2D eigenvalue weighted by atomic mass is 9.86. The second-order valence-corrected chi connectivity index (χ2v) is 8.78. The number of carbonyl (C=O) groups excluding carboxylic acids is 1. The molecule has 26 heavy (non-hydrogen) atoms. The average Bonchev–Trinajstić information content (AvgIpc) is 3.50. The van der Waals surface area contributed by atoms with Crippen molar-refractivity contribution in [1.29, 1.82) is 0 Å². The minimum atomic E-state index is 0.0662. The third-order valence-electron chi connectivity index (χ3n) is 6.31. The summed E-state index contributed by atoms with van der Waals surface area (Å²) in [6, 6.07) is 2.01. The third-order valence-corrected chi connectivity index (χ3v) is 6.87. The van der Waals surface area contributed by atoms with Gasteiger partial charge in [0.2, 0.25) is 5.91 Å². The minimum absolute atomic E-state index is 0.0662. The van der Waals surface area contributed by atoms with Gasteiger partial charge in [-0.1, -0.05) is 11.8 Å². The highest BCUT2D eigenvalue weighted by molar-refractivity contribution is 7.98. The molecule has 2 saturated heterocycles. The van der Waals surface area contributed by atoms with E-state index >= 15 is 0 Å². The maximum Gasteiger partial charge on any atom is 0.222 e. The summed E-state index contributed by atoms with van der Waals surface area (Å²) in [6.45, 7) is 4.80. The quantitative estimate of drug-likeness (QED) is 0.593. The van der Waals surface area contributed by atoms with E-state index in [1.807, 2.05) is 18.5 Å². The molecule has 1 aliphatic carbocycles. The van der Waals surface area contributed by atoms with Gasteiger partial charge in [-0.25, -0.2) is 9.97 Å². The van der Waals surface area contributed by atoms with Gasteiger partial charge in [-0.15, -0.1) is 0 Å². The molecular weight excluding hydrogens is 346 g/mol. The molecule has 0 radical (unpaired) electrons. The van der Waals surface area contributed by atoms with Crippen LogP contribution in [0.2, 0.25) is 0 Å². The van der Waals surface area contributed by atoms with Crippen LogP contribution in [-0.4, -0.2) is 77.2 Å². The normalized spacial score (nSPS) is 27.8. The van der Waals surface area contributed by atoms with Crippen LogP contribution in [0.25, 0.3) is 0 Å². The molecule has 2 aliphatic heterocycles. The number of hydrogen-bond acceptors (Lipinski definition) is 6. The van der Waals surface area contributed by atoms with Crippen LogP contribution in [-0.2, 0) is 4.79 Å². The summed E-state index contributed by atoms with van der Waals surface area (Å²) < 4.78 is 0. The first-order valence-electron chi connectivity index (χ1n) is 9.71. The number of likely N-dealkylation sites (tertiary alicyclic amines) is 1. The van der Waals surface area contributed by atoms with Gasteiger partial charge >= 0.3 is 0 Å². The molecule has 4 rings (SSSR count). The zero-order valence-electron chi connectivity index (χ0n) is 15.9. The Balaban J connectivity index is 1.50. The number of hydrogen-bond donors (Lipinski definition) is 0. The number of anilines is 1. The summed E-state index contributed by atoms with van der Waals surface area (Å²) in [6.07, 6.45) is 9.13. The van der Waals surface area contributed by atoms with Crippen LogP contribution in [0.15, 0.2) is 17.4 Å². The highest BCUT2D eigenvalue weighted by atomic mass is 32.2. The maximum atomic E-state index is 12.6. The van der Waals surface area contributed by atoms with E-state index < -0.39 is 0 Å². The predicted molar refractivity (Wildman–Crippen MR) is 105 cm³/mol. The summed E-state index contributed by atoms with van der Waals surface area (Å²) in [7, 11) is 2.23. The number of carbonyl (C=O) groups is 1. The van der Waals surface area contributed by atoms with Crippen LogP contribution in [0.3, 0.4) is 0 Å². The van der Waals surface area contributed by atoms with E-state index in [1.54, 1.807) is 11.8 Å². The number of thioether (sulfide) groups is 1. The largest absolute Gasteiger partial charge is 0.353 e. The molecular formula is C19H29N5OS. The maximum absolute atomic E-state index is 12.6. The van der Waals surface area contributed by atoms with Crippen LogP contribution >= 0.6 is 11.8 Å². The van der Waals surface area contributed by atoms with Crippen molar-refractivity contribution in [2.24, 2.45) is 5.92 Å².